The number of benzene rings is 1. The molecule has 2 unspecified atom stereocenters. The summed E-state index contributed by atoms with van der Waals surface area (Å²) in [7, 11) is 0. The van der Waals surface area contributed by atoms with Gasteiger partial charge in [-0.15, -0.1) is 0 Å². The number of aromatic amines is 1. The van der Waals surface area contributed by atoms with Crippen molar-refractivity contribution in [3.8, 4) is 11.3 Å². The molecule has 5 nitrogen and oxygen atoms in total. The van der Waals surface area contributed by atoms with Gasteiger partial charge in [0.25, 0.3) is 0 Å². The van der Waals surface area contributed by atoms with Crippen LogP contribution in [0.25, 0.3) is 11.3 Å². The third-order valence-corrected chi connectivity index (χ3v) is 5.57. The molecule has 2 atom stereocenters. The van der Waals surface area contributed by atoms with Gasteiger partial charge in [-0.1, -0.05) is 0 Å². The zero-order valence-electron chi connectivity index (χ0n) is 14.9. The van der Waals surface area contributed by atoms with Crippen molar-refractivity contribution >= 4 is 5.91 Å². The van der Waals surface area contributed by atoms with Crippen LogP contribution >= 0.6 is 0 Å². The summed E-state index contributed by atoms with van der Waals surface area (Å²) in [6, 6.07) is 6.39. The molecular formula is C20H25FN4O. The SMILES string of the molecule is O=C(CCC1CCNC1)N1CCCC1c1ncc(-c2ccc(F)cc2)[nH]1. The van der Waals surface area contributed by atoms with Gasteiger partial charge in [0.2, 0.25) is 5.91 Å². The Bertz CT molecular complexity index is 751. The number of imidazole rings is 1. The number of nitrogens with zero attached hydrogens (tertiary/aromatic N) is 2. The van der Waals surface area contributed by atoms with E-state index in [1.165, 1.54) is 18.6 Å². The van der Waals surface area contributed by atoms with E-state index in [1.54, 1.807) is 18.3 Å². The highest BCUT2D eigenvalue weighted by molar-refractivity contribution is 5.77. The van der Waals surface area contributed by atoms with Gasteiger partial charge in [-0.25, -0.2) is 9.37 Å². The van der Waals surface area contributed by atoms with Crippen molar-refractivity contribution in [1.82, 2.24) is 20.2 Å². The van der Waals surface area contributed by atoms with Gasteiger partial charge >= 0.3 is 0 Å². The summed E-state index contributed by atoms with van der Waals surface area (Å²) in [6.07, 6.45) is 6.48. The summed E-state index contributed by atoms with van der Waals surface area (Å²) in [4.78, 5) is 22.6. The molecule has 26 heavy (non-hydrogen) atoms. The van der Waals surface area contributed by atoms with Crippen LogP contribution in [0.2, 0.25) is 0 Å². The van der Waals surface area contributed by atoms with Crippen LogP contribution in [0.15, 0.2) is 30.5 Å². The summed E-state index contributed by atoms with van der Waals surface area (Å²) < 4.78 is 13.1. The number of likely N-dealkylation sites (tertiary alicyclic amines) is 1. The lowest BCUT2D eigenvalue weighted by molar-refractivity contribution is -0.132. The van der Waals surface area contributed by atoms with E-state index in [0.717, 1.165) is 56.0 Å². The van der Waals surface area contributed by atoms with E-state index >= 15 is 0 Å². The Kier molecular flexibility index (Phi) is 5.02. The number of nitrogens with one attached hydrogen (secondary N) is 2. The number of hydrogen-bond acceptors (Lipinski definition) is 3. The van der Waals surface area contributed by atoms with Crippen LogP contribution in [0.1, 0.15) is 44.0 Å². The maximum atomic E-state index is 13.1. The van der Waals surface area contributed by atoms with E-state index in [0.29, 0.717) is 12.3 Å². The first-order chi connectivity index (χ1) is 12.7. The molecule has 0 aliphatic carbocycles. The highest BCUT2D eigenvalue weighted by Crippen LogP contribution is 2.32. The summed E-state index contributed by atoms with van der Waals surface area (Å²) in [5.74, 6) is 1.45. The second-order valence-corrected chi connectivity index (χ2v) is 7.33. The predicted molar refractivity (Wildman–Crippen MR) is 97.9 cm³/mol. The van der Waals surface area contributed by atoms with Crippen molar-refractivity contribution in [3.05, 3.63) is 42.1 Å². The zero-order valence-corrected chi connectivity index (χ0v) is 14.9. The van der Waals surface area contributed by atoms with E-state index in [1.807, 2.05) is 4.90 Å². The van der Waals surface area contributed by atoms with Gasteiger partial charge in [0, 0.05) is 13.0 Å². The molecule has 0 radical (unpaired) electrons. The Balaban J connectivity index is 1.42. The van der Waals surface area contributed by atoms with E-state index in [2.05, 4.69) is 15.3 Å². The maximum Gasteiger partial charge on any atom is 0.223 e. The molecule has 1 amide bonds. The van der Waals surface area contributed by atoms with Crippen molar-refractivity contribution in [2.75, 3.05) is 19.6 Å². The van der Waals surface area contributed by atoms with Crippen molar-refractivity contribution in [3.63, 3.8) is 0 Å². The number of H-pyrrole nitrogens is 1. The third kappa shape index (κ3) is 3.65. The maximum absolute atomic E-state index is 13.1. The second-order valence-electron chi connectivity index (χ2n) is 7.33. The van der Waals surface area contributed by atoms with Crippen LogP contribution in [0, 0.1) is 11.7 Å². The quantitative estimate of drug-likeness (QED) is 0.864. The first-order valence-corrected chi connectivity index (χ1v) is 9.52. The molecular weight excluding hydrogens is 331 g/mol. The number of rotatable bonds is 5. The van der Waals surface area contributed by atoms with Crippen LogP contribution in [-0.2, 0) is 4.79 Å². The average molecular weight is 356 g/mol. The molecule has 4 rings (SSSR count). The minimum absolute atomic E-state index is 0.0263. The molecule has 0 bridgehead atoms. The van der Waals surface area contributed by atoms with E-state index < -0.39 is 0 Å². The fourth-order valence-corrected chi connectivity index (χ4v) is 4.06. The molecule has 6 heteroatoms. The van der Waals surface area contributed by atoms with Gasteiger partial charge in [0.1, 0.15) is 11.6 Å². The molecule has 0 saturated carbocycles. The molecule has 1 aromatic heterocycles. The minimum atomic E-state index is -0.251. The average Bonchev–Trinajstić information content (AvgIpc) is 3.40. The van der Waals surface area contributed by atoms with Gasteiger partial charge in [-0.05, 0) is 74.5 Å². The largest absolute Gasteiger partial charge is 0.340 e. The third-order valence-electron chi connectivity index (χ3n) is 5.57. The monoisotopic (exact) mass is 356 g/mol. The summed E-state index contributed by atoms with van der Waals surface area (Å²) in [5.41, 5.74) is 1.76. The lowest BCUT2D eigenvalue weighted by atomic mass is 10.0. The number of hydrogen-bond donors (Lipinski definition) is 2. The number of halogens is 1. The van der Waals surface area contributed by atoms with Crippen LogP contribution in [0.3, 0.4) is 0 Å². The lowest BCUT2D eigenvalue weighted by Gasteiger charge is -2.24. The number of aromatic nitrogens is 2. The smallest absolute Gasteiger partial charge is 0.223 e. The van der Waals surface area contributed by atoms with Crippen LogP contribution in [-0.4, -0.2) is 40.4 Å². The first kappa shape index (κ1) is 17.2. The standard InChI is InChI=1S/C20H25FN4O/c21-16-6-4-15(5-7-16)17-13-23-20(24-17)18-2-1-11-25(18)19(26)8-3-14-9-10-22-12-14/h4-7,13-14,18,22H,1-3,8-12H2,(H,23,24). The van der Waals surface area contributed by atoms with Gasteiger partial charge in [0.05, 0.1) is 17.9 Å². The molecule has 2 aliphatic heterocycles. The molecule has 3 heterocycles. The first-order valence-electron chi connectivity index (χ1n) is 9.52. The van der Waals surface area contributed by atoms with Crippen LogP contribution in [0.4, 0.5) is 4.39 Å². The van der Waals surface area contributed by atoms with Gasteiger partial charge in [-0.2, -0.15) is 0 Å². The van der Waals surface area contributed by atoms with Crippen molar-refractivity contribution in [1.29, 1.82) is 0 Å². The van der Waals surface area contributed by atoms with E-state index in [9.17, 15) is 9.18 Å². The Morgan fingerprint density at radius 2 is 2.12 bits per heavy atom. The predicted octanol–water partition coefficient (Wildman–Crippen LogP) is 3.27. The van der Waals surface area contributed by atoms with E-state index in [-0.39, 0.29) is 17.8 Å². The Labute approximate surface area is 153 Å². The fraction of sp³-hybridized carbons (Fsp3) is 0.500. The molecule has 0 spiro atoms. The van der Waals surface area contributed by atoms with Gasteiger partial charge < -0.3 is 15.2 Å². The fourth-order valence-electron chi connectivity index (χ4n) is 4.06. The normalized spacial score (nSPS) is 22.9. The topological polar surface area (TPSA) is 61.0 Å². The van der Waals surface area contributed by atoms with Crippen LogP contribution in [0.5, 0.6) is 0 Å². The molecule has 2 aromatic rings. The van der Waals surface area contributed by atoms with E-state index in [4.69, 9.17) is 0 Å². The zero-order chi connectivity index (χ0) is 17.9. The highest BCUT2D eigenvalue weighted by Gasteiger charge is 2.32. The highest BCUT2D eigenvalue weighted by atomic mass is 19.1. The van der Waals surface area contributed by atoms with Crippen LogP contribution < -0.4 is 5.32 Å². The molecule has 2 fully saturated rings. The minimum Gasteiger partial charge on any atom is -0.340 e. The van der Waals surface area contributed by atoms with Crippen molar-refractivity contribution < 1.29 is 9.18 Å². The molecule has 2 N–H and O–H groups in total. The summed E-state index contributed by atoms with van der Waals surface area (Å²) >= 11 is 0. The Hall–Kier alpha value is -2.21. The number of carbonyl (C=O) groups excluding carboxylic acids is 1. The van der Waals surface area contributed by atoms with Crippen molar-refractivity contribution in [2.24, 2.45) is 5.92 Å². The summed E-state index contributed by atoms with van der Waals surface area (Å²) in [5, 5.41) is 3.36. The number of carbonyl (C=O) groups is 1. The van der Waals surface area contributed by atoms with Gasteiger partial charge in [0.15, 0.2) is 0 Å². The molecule has 138 valence electrons. The molecule has 2 saturated heterocycles. The van der Waals surface area contributed by atoms with Gasteiger partial charge in [-0.3, -0.25) is 4.79 Å². The Morgan fingerprint density at radius 3 is 2.88 bits per heavy atom. The summed E-state index contributed by atoms with van der Waals surface area (Å²) in [6.45, 7) is 2.92. The number of amides is 1. The lowest BCUT2D eigenvalue weighted by Crippen LogP contribution is -2.31. The molecule has 2 aliphatic rings. The molecule has 1 aromatic carbocycles. The van der Waals surface area contributed by atoms with Crippen molar-refractivity contribution in [2.45, 2.75) is 38.1 Å². The second kappa shape index (κ2) is 7.58. The Morgan fingerprint density at radius 1 is 1.27 bits per heavy atom.